The summed E-state index contributed by atoms with van der Waals surface area (Å²) in [5, 5.41) is 10.5. The first kappa shape index (κ1) is 13.9. The highest BCUT2D eigenvalue weighted by Crippen LogP contribution is 2.30. The van der Waals surface area contributed by atoms with Crippen molar-refractivity contribution in [3.8, 4) is 5.75 Å². The number of hydrogen-bond acceptors (Lipinski definition) is 4. The Morgan fingerprint density at radius 3 is 3.05 bits per heavy atom. The zero-order valence-electron chi connectivity index (χ0n) is 12.0. The lowest BCUT2D eigenvalue weighted by Gasteiger charge is -2.34. The minimum Gasteiger partial charge on any atom is -0.490 e. The molecule has 1 saturated heterocycles. The number of likely N-dealkylation sites (N-methyl/N-ethyl adjacent to an activating group) is 1. The van der Waals surface area contributed by atoms with E-state index in [1.807, 2.05) is 24.3 Å². The maximum absolute atomic E-state index is 10.5. The summed E-state index contributed by atoms with van der Waals surface area (Å²) < 4.78 is 11.5. The Bertz CT molecular complexity index is 447. The van der Waals surface area contributed by atoms with Gasteiger partial charge in [-0.3, -0.25) is 4.90 Å². The molecule has 1 aliphatic carbocycles. The number of aliphatic hydroxyl groups is 1. The van der Waals surface area contributed by atoms with E-state index in [1.54, 1.807) is 0 Å². The van der Waals surface area contributed by atoms with Gasteiger partial charge in [-0.15, -0.1) is 0 Å². The van der Waals surface area contributed by atoms with Gasteiger partial charge in [-0.25, -0.2) is 0 Å². The van der Waals surface area contributed by atoms with Crippen LogP contribution in [0.2, 0.25) is 0 Å². The van der Waals surface area contributed by atoms with E-state index in [0.717, 1.165) is 43.8 Å². The Labute approximate surface area is 120 Å². The molecule has 2 atom stereocenters. The molecule has 110 valence electrons. The van der Waals surface area contributed by atoms with Crippen molar-refractivity contribution in [2.45, 2.75) is 38.1 Å². The van der Waals surface area contributed by atoms with Crippen LogP contribution >= 0.6 is 0 Å². The van der Waals surface area contributed by atoms with Gasteiger partial charge in [-0.05, 0) is 37.1 Å². The van der Waals surface area contributed by atoms with Crippen molar-refractivity contribution in [1.82, 2.24) is 4.90 Å². The van der Waals surface area contributed by atoms with Crippen molar-refractivity contribution in [2.24, 2.45) is 0 Å². The van der Waals surface area contributed by atoms with Crippen molar-refractivity contribution in [3.63, 3.8) is 0 Å². The molecule has 4 heteroatoms. The fourth-order valence-corrected chi connectivity index (χ4v) is 2.57. The summed E-state index contributed by atoms with van der Waals surface area (Å²) in [6.07, 6.45) is 1.92. The van der Waals surface area contributed by atoms with Crippen molar-refractivity contribution >= 4 is 0 Å². The number of ether oxygens (including phenoxy) is 2. The molecule has 0 bridgehead atoms. The van der Waals surface area contributed by atoms with Gasteiger partial charge in [-0.2, -0.15) is 0 Å². The monoisotopic (exact) mass is 277 g/mol. The summed E-state index contributed by atoms with van der Waals surface area (Å²) in [6, 6.07) is 7.78. The quantitative estimate of drug-likeness (QED) is 0.893. The molecule has 1 heterocycles. The van der Waals surface area contributed by atoms with Crippen LogP contribution in [0.4, 0.5) is 0 Å². The lowest BCUT2D eigenvalue weighted by atomic mass is 10.0. The smallest absolute Gasteiger partial charge is 0.120 e. The number of aliphatic hydroxyl groups excluding tert-OH is 1. The van der Waals surface area contributed by atoms with Crippen molar-refractivity contribution in [3.05, 3.63) is 29.8 Å². The molecule has 4 nitrogen and oxygen atoms in total. The average molecular weight is 277 g/mol. The maximum Gasteiger partial charge on any atom is 0.120 e. The van der Waals surface area contributed by atoms with E-state index in [-0.39, 0.29) is 6.10 Å². The normalized spacial score (nSPS) is 25.4. The molecular formula is C16H23NO3. The lowest BCUT2D eigenvalue weighted by molar-refractivity contribution is -0.0889. The van der Waals surface area contributed by atoms with Crippen LogP contribution in [-0.2, 0) is 4.74 Å². The van der Waals surface area contributed by atoms with Crippen LogP contribution in [0, 0.1) is 0 Å². The fraction of sp³-hybridized carbons (Fsp3) is 0.625. The third-order valence-corrected chi connectivity index (χ3v) is 4.00. The summed E-state index contributed by atoms with van der Waals surface area (Å²) >= 11 is 0. The molecule has 20 heavy (non-hydrogen) atoms. The molecule has 2 fully saturated rings. The van der Waals surface area contributed by atoms with Gasteiger partial charge in [0, 0.05) is 13.1 Å². The van der Waals surface area contributed by atoms with Gasteiger partial charge in [0.15, 0.2) is 0 Å². The SMILES string of the molecule is CCN1CCOC(C(O)c2cccc(OC3CC3)c2)C1. The van der Waals surface area contributed by atoms with Crippen LogP contribution in [0.15, 0.2) is 24.3 Å². The van der Waals surface area contributed by atoms with E-state index in [0.29, 0.717) is 12.7 Å². The molecule has 2 unspecified atom stereocenters. The number of nitrogens with zero attached hydrogens (tertiary/aromatic N) is 1. The predicted octanol–water partition coefficient (Wildman–Crippen LogP) is 1.98. The molecule has 1 aromatic carbocycles. The molecule has 1 saturated carbocycles. The number of morpholine rings is 1. The van der Waals surface area contributed by atoms with Gasteiger partial charge >= 0.3 is 0 Å². The Morgan fingerprint density at radius 1 is 1.45 bits per heavy atom. The van der Waals surface area contributed by atoms with Gasteiger partial charge in [0.05, 0.1) is 12.7 Å². The minimum atomic E-state index is -0.591. The molecular weight excluding hydrogens is 254 g/mol. The van der Waals surface area contributed by atoms with Crippen LogP contribution in [0.25, 0.3) is 0 Å². The Morgan fingerprint density at radius 2 is 2.30 bits per heavy atom. The molecule has 0 radical (unpaired) electrons. The van der Waals surface area contributed by atoms with Gasteiger partial charge in [0.2, 0.25) is 0 Å². The summed E-state index contributed by atoms with van der Waals surface area (Å²) in [7, 11) is 0. The third-order valence-electron chi connectivity index (χ3n) is 4.00. The summed E-state index contributed by atoms with van der Waals surface area (Å²) in [5.74, 6) is 0.854. The lowest BCUT2D eigenvalue weighted by Crippen LogP contribution is -2.44. The van der Waals surface area contributed by atoms with E-state index in [4.69, 9.17) is 9.47 Å². The molecule has 0 spiro atoms. The third kappa shape index (κ3) is 3.32. The van der Waals surface area contributed by atoms with Crippen molar-refractivity contribution in [1.29, 1.82) is 0 Å². The van der Waals surface area contributed by atoms with Crippen LogP contribution in [0.1, 0.15) is 31.4 Å². The second-order valence-corrected chi connectivity index (χ2v) is 5.64. The van der Waals surface area contributed by atoms with E-state index in [1.165, 1.54) is 0 Å². The molecule has 2 aliphatic rings. The summed E-state index contributed by atoms with van der Waals surface area (Å²) in [5.41, 5.74) is 0.881. The molecule has 3 rings (SSSR count). The fourth-order valence-electron chi connectivity index (χ4n) is 2.57. The van der Waals surface area contributed by atoms with Crippen molar-refractivity contribution < 1.29 is 14.6 Å². The Kier molecular flexibility index (Phi) is 4.24. The second-order valence-electron chi connectivity index (χ2n) is 5.64. The number of benzene rings is 1. The van der Waals surface area contributed by atoms with Gasteiger partial charge < -0.3 is 14.6 Å². The van der Waals surface area contributed by atoms with Crippen LogP contribution in [-0.4, -0.2) is 48.5 Å². The van der Waals surface area contributed by atoms with E-state index >= 15 is 0 Å². The molecule has 1 aromatic rings. The topological polar surface area (TPSA) is 41.9 Å². The highest BCUT2D eigenvalue weighted by atomic mass is 16.5. The minimum absolute atomic E-state index is 0.153. The van der Waals surface area contributed by atoms with Gasteiger partial charge in [-0.1, -0.05) is 19.1 Å². The highest BCUT2D eigenvalue weighted by Gasteiger charge is 2.28. The molecule has 0 aromatic heterocycles. The average Bonchev–Trinajstić information content (AvgIpc) is 3.31. The standard InChI is InChI=1S/C16H23NO3/c1-2-17-8-9-19-15(11-17)16(18)12-4-3-5-14(10-12)20-13-6-7-13/h3-5,10,13,15-16,18H,2,6-9,11H2,1H3. The first-order chi connectivity index (χ1) is 9.76. The molecule has 0 amide bonds. The van der Waals surface area contributed by atoms with Gasteiger partial charge in [0.25, 0.3) is 0 Å². The Balaban J connectivity index is 1.67. The molecule has 1 N–H and O–H groups in total. The van der Waals surface area contributed by atoms with Crippen molar-refractivity contribution in [2.75, 3.05) is 26.2 Å². The second kappa shape index (κ2) is 6.12. The summed E-state index contributed by atoms with van der Waals surface area (Å²) in [4.78, 5) is 2.31. The zero-order valence-corrected chi connectivity index (χ0v) is 12.0. The van der Waals surface area contributed by atoms with Crippen LogP contribution in [0.5, 0.6) is 5.75 Å². The summed E-state index contributed by atoms with van der Waals surface area (Å²) in [6.45, 7) is 5.56. The Hall–Kier alpha value is -1.10. The molecule has 1 aliphatic heterocycles. The van der Waals surface area contributed by atoms with Crippen LogP contribution in [0.3, 0.4) is 0 Å². The first-order valence-corrected chi connectivity index (χ1v) is 7.55. The predicted molar refractivity (Wildman–Crippen MR) is 76.9 cm³/mol. The first-order valence-electron chi connectivity index (χ1n) is 7.55. The van der Waals surface area contributed by atoms with E-state index in [9.17, 15) is 5.11 Å². The maximum atomic E-state index is 10.5. The largest absolute Gasteiger partial charge is 0.490 e. The van der Waals surface area contributed by atoms with E-state index in [2.05, 4.69) is 11.8 Å². The number of hydrogen-bond donors (Lipinski definition) is 1. The van der Waals surface area contributed by atoms with E-state index < -0.39 is 6.10 Å². The highest BCUT2D eigenvalue weighted by molar-refractivity contribution is 5.31. The van der Waals surface area contributed by atoms with Gasteiger partial charge in [0.1, 0.15) is 18.0 Å². The zero-order chi connectivity index (χ0) is 13.9. The number of rotatable bonds is 5. The van der Waals surface area contributed by atoms with Crippen LogP contribution < -0.4 is 4.74 Å².